The molecule has 5 aromatic carbocycles. The van der Waals surface area contributed by atoms with Crippen molar-refractivity contribution in [3.05, 3.63) is 144 Å². The normalized spacial score (nSPS) is 11.1. The van der Waals surface area contributed by atoms with E-state index in [4.69, 9.17) is 0 Å². The third-order valence-electron chi connectivity index (χ3n) is 6.41. The van der Waals surface area contributed by atoms with Gasteiger partial charge in [0.15, 0.2) is 0 Å². The summed E-state index contributed by atoms with van der Waals surface area (Å²) in [5.41, 5.74) is 3.69. The Kier molecular flexibility index (Phi) is 9.11. The number of carbonyl (C=O) groups is 3. The van der Waals surface area contributed by atoms with Crippen molar-refractivity contribution in [1.29, 1.82) is 0 Å². The summed E-state index contributed by atoms with van der Waals surface area (Å²) in [6, 6.07) is 37.4. The highest BCUT2D eigenvalue weighted by Crippen LogP contribution is 2.25. The number of rotatable bonds is 9. The van der Waals surface area contributed by atoms with Gasteiger partial charge >= 0.3 is 0 Å². The van der Waals surface area contributed by atoms with Gasteiger partial charge in [-0.3, -0.25) is 14.4 Å². The Morgan fingerprint density at radius 3 is 2.31 bits per heavy atom. The molecule has 0 aliphatic carbocycles. The SMILES string of the molecule is Cc1cccc(/C=C(/NC(=O)c2ccccc2)C(=O)Nc2cccc(SCC(=O)Nc3cccc4ccccc34)c2)c1. The number of hydrogen-bond acceptors (Lipinski definition) is 4. The van der Waals surface area contributed by atoms with E-state index >= 15 is 0 Å². The lowest BCUT2D eigenvalue weighted by Gasteiger charge is -2.12. The number of thioether (sulfide) groups is 1. The van der Waals surface area contributed by atoms with Crippen molar-refractivity contribution in [2.45, 2.75) is 11.8 Å². The average molecular weight is 572 g/mol. The van der Waals surface area contributed by atoms with E-state index in [0.717, 1.165) is 32.5 Å². The highest BCUT2D eigenvalue weighted by Gasteiger charge is 2.16. The summed E-state index contributed by atoms with van der Waals surface area (Å²) in [5, 5.41) is 10.7. The van der Waals surface area contributed by atoms with E-state index < -0.39 is 5.91 Å². The highest BCUT2D eigenvalue weighted by molar-refractivity contribution is 8.00. The molecule has 6 nitrogen and oxygen atoms in total. The molecule has 7 heteroatoms. The van der Waals surface area contributed by atoms with Crippen molar-refractivity contribution < 1.29 is 14.4 Å². The molecule has 5 rings (SSSR count). The smallest absolute Gasteiger partial charge is 0.272 e. The molecule has 0 atom stereocenters. The zero-order chi connectivity index (χ0) is 29.3. The van der Waals surface area contributed by atoms with Gasteiger partial charge in [-0.1, -0.05) is 90.5 Å². The van der Waals surface area contributed by atoms with E-state index in [1.165, 1.54) is 11.8 Å². The number of hydrogen-bond donors (Lipinski definition) is 3. The van der Waals surface area contributed by atoms with Crippen LogP contribution in [0.15, 0.2) is 132 Å². The van der Waals surface area contributed by atoms with Gasteiger partial charge in [-0.15, -0.1) is 11.8 Å². The third kappa shape index (κ3) is 7.53. The predicted octanol–water partition coefficient (Wildman–Crippen LogP) is 7.29. The van der Waals surface area contributed by atoms with Crippen LogP contribution < -0.4 is 16.0 Å². The summed E-state index contributed by atoms with van der Waals surface area (Å²) in [4.78, 5) is 39.9. The molecule has 208 valence electrons. The summed E-state index contributed by atoms with van der Waals surface area (Å²) in [6.07, 6.45) is 1.65. The number of carbonyl (C=O) groups excluding carboxylic acids is 3. The van der Waals surface area contributed by atoms with Gasteiger partial charge < -0.3 is 16.0 Å². The summed E-state index contributed by atoms with van der Waals surface area (Å²) in [7, 11) is 0. The van der Waals surface area contributed by atoms with E-state index in [-0.39, 0.29) is 23.3 Å². The molecule has 0 radical (unpaired) electrons. The Morgan fingerprint density at radius 1 is 0.738 bits per heavy atom. The van der Waals surface area contributed by atoms with Crippen LogP contribution in [0.25, 0.3) is 16.8 Å². The van der Waals surface area contributed by atoms with Gasteiger partial charge in [-0.25, -0.2) is 0 Å². The Bertz CT molecular complexity index is 1780. The number of anilines is 2. The minimum atomic E-state index is -0.461. The lowest BCUT2D eigenvalue weighted by atomic mass is 10.1. The lowest BCUT2D eigenvalue weighted by Crippen LogP contribution is -2.30. The molecule has 0 aromatic heterocycles. The van der Waals surface area contributed by atoms with Gasteiger partial charge in [0, 0.05) is 27.2 Å². The fourth-order valence-electron chi connectivity index (χ4n) is 4.40. The van der Waals surface area contributed by atoms with Gasteiger partial charge in [0.05, 0.1) is 5.75 Å². The first-order valence-electron chi connectivity index (χ1n) is 13.4. The molecule has 3 N–H and O–H groups in total. The molecule has 0 heterocycles. The van der Waals surface area contributed by atoms with Gasteiger partial charge in [0.2, 0.25) is 5.91 Å². The van der Waals surface area contributed by atoms with Crippen molar-refractivity contribution in [3.63, 3.8) is 0 Å². The second-order valence-corrected chi connectivity index (χ2v) is 10.7. The van der Waals surface area contributed by atoms with Crippen LogP contribution >= 0.6 is 11.8 Å². The number of amides is 3. The number of fused-ring (bicyclic) bond motifs is 1. The number of aryl methyl sites for hydroxylation is 1. The molecular weight excluding hydrogens is 542 g/mol. The van der Waals surface area contributed by atoms with Gasteiger partial charge in [0.25, 0.3) is 11.8 Å². The predicted molar refractivity (Wildman–Crippen MR) is 171 cm³/mol. The standard InChI is InChI=1S/C35H29N3O3S/c1-24-10-7-11-25(20-24)21-32(38-34(40)27-13-3-2-4-14-27)35(41)36-28-16-9-17-29(22-28)42-23-33(39)37-31-19-8-15-26-12-5-6-18-30(26)31/h2-22H,23H2,1H3,(H,36,41)(H,37,39)(H,38,40)/b32-21+. The molecule has 0 aliphatic rings. The lowest BCUT2D eigenvalue weighted by molar-refractivity contribution is -0.114. The van der Waals surface area contributed by atoms with E-state index in [9.17, 15) is 14.4 Å². The molecular formula is C35H29N3O3S. The van der Waals surface area contributed by atoms with Gasteiger partial charge in [-0.2, -0.15) is 0 Å². The summed E-state index contributed by atoms with van der Waals surface area (Å²) in [5.74, 6) is -0.771. The summed E-state index contributed by atoms with van der Waals surface area (Å²) < 4.78 is 0. The third-order valence-corrected chi connectivity index (χ3v) is 7.40. The van der Waals surface area contributed by atoms with E-state index in [1.807, 2.05) is 91.9 Å². The van der Waals surface area contributed by atoms with Crippen LogP contribution in [-0.2, 0) is 9.59 Å². The van der Waals surface area contributed by atoms with Crippen LogP contribution in [0.2, 0.25) is 0 Å². The Morgan fingerprint density at radius 2 is 1.48 bits per heavy atom. The first-order chi connectivity index (χ1) is 20.4. The topological polar surface area (TPSA) is 87.3 Å². The second kappa shape index (κ2) is 13.5. The first-order valence-corrected chi connectivity index (χ1v) is 14.4. The maximum absolute atomic E-state index is 13.4. The molecule has 0 spiro atoms. The largest absolute Gasteiger partial charge is 0.325 e. The van der Waals surface area contributed by atoms with Crippen molar-refractivity contribution in [2.24, 2.45) is 0 Å². The molecule has 0 unspecified atom stereocenters. The van der Waals surface area contributed by atoms with Crippen LogP contribution in [0.1, 0.15) is 21.5 Å². The fourth-order valence-corrected chi connectivity index (χ4v) is 5.16. The van der Waals surface area contributed by atoms with E-state index in [1.54, 1.807) is 42.5 Å². The van der Waals surface area contributed by atoms with Crippen molar-refractivity contribution in [1.82, 2.24) is 5.32 Å². The maximum Gasteiger partial charge on any atom is 0.272 e. The fraction of sp³-hybridized carbons (Fsp3) is 0.0571. The summed E-state index contributed by atoms with van der Waals surface area (Å²) in [6.45, 7) is 1.96. The Balaban J connectivity index is 1.27. The molecule has 3 amide bonds. The Labute approximate surface area is 248 Å². The quantitative estimate of drug-likeness (QED) is 0.128. The van der Waals surface area contributed by atoms with Crippen LogP contribution in [0.4, 0.5) is 11.4 Å². The van der Waals surface area contributed by atoms with Crippen LogP contribution in [0, 0.1) is 6.92 Å². The van der Waals surface area contributed by atoms with Crippen molar-refractivity contribution >= 4 is 57.7 Å². The highest BCUT2D eigenvalue weighted by atomic mass is 32.2. The monoisotopic (exact) mass is 571 g/mol. The summed E-state index contributed by atoms with van der Waals surface area (Å²) >= 11 is 1.37. The molecule has 42 heavy (non-hydrogen) atoms. The van der Waals surface area contributed by atoms with Crippen molar-refractivity contribution in [2.75, 3.05) is 16.4 Å². The van der Waals surface area contributed by atoms with Gasteiger partial charge in [0.1, 0.15) is 5.70 Å². The molecule has 0 saturated heterocycles. The van der Waals surface area contributed by atoms with E-state index in [2.05, 4.69) is 16.0 Å². The minimum absolute atomic E-state index is 0.113. The van der Waals surface area contributed by atoms with Crippen LogP contribution in [0.3, 0.4) is 0 Å². The molecule has 5 aromatic rings. The molecule has 0 bridgehead atoms. The average Bonchev–Trinajstić information content (AvgIpc) is 3.00. The molecule has 0 aliphatic heterocycles. The minimum Gasteiger partial charge on any atom is -0.325 e. The zero-order valence-electron chi connectivity index (χ0n) is 23.0. The zero-order valence-corrected chi connectivity index (χ0v) is 23.8. The van der Waals surface area contributed by atoms with E-state index in [0.29, 0.717) is 11.3 Å². The molecule has 0 fully saturated rings. The maximum atomic E-state index is 13.4. The Hall–Kier alpha value is -5.14. The number of benzene rings is 5. The van der Waals surface area contributed by atoms with Gasteiger partial charge in [-0.05, 0) is 60.3 Å². The van der Waals surface area contributed by atoms with Crippen LogP contribution in [0.5, 0.6) is 0 Å². The molecule has 0 saturated carbocycles. The number of nitrogens with one attached hydrogen (secondary N) is 3. The second-order valence-electron chi connectivity index (χ2n) is 9.64. The van der Waals surface area contributed by atoms with Crippen molar-refractivity contribution in [3.8, 4) is 0 Å². The van der Waals surface area contributed by atoms with Crippen LogP contribution in [-0.4, -0.2) is 23.5 Å². The first kappa shape index (κ1) is 28.4.